The lowest BCUT2D eigenvalue weighted by Crippen LogP contribution is -2.38. The van der Waals surface area contributed by atoms with Crippen molar-refractivity contribution in [2.24, 2.45) is 0 Å². The van der Waals surface area contributed by atoms with Gasteiger partial charge < -0.3 is 20.1 Å². The molecule has 7 heteroatoms. The third kappa shape index (κ3) is 8.46. The van der Waals surface area contributed by atoms with Gasteiger partial charge in [0, 0.05) is 35.7 Å². The Morgan fingerprint density at radius 1 is 0.914 bits per heavy atom. The van der Waals surface area contributed by atoms with Crippen LogP contribution in [0.25, 0.3) is 0 Å². The van der Waals surface area contributed by atoms with Gasteiger partial charge >= 0.3 is 12.0 Å². The summed E-state index contributed by atoms with van der Waals surface area (Å²) in [5, 5.41) is 12.6. The molecule has 35 heavy (non-hydrogen) atoms. The van der Waals surface area contributed by atoms with Crippen LogP contribution >= 0.6 is 11.8 Å². The summed E-state index contributed by atoms with van der Waals surface area (Å²) in [6.45, 7) is 2.38. The minimum Gasteiger partial charge on any atom is -0.461 e. The molecule has 0 spiro atoms. The molecule has 2 amide bonds. The quantitative estimate of drug-likeness (QED) is 0.258. The number of carbonyl (C=O) groups excluding carboxylic acids is 2. The highest BCUT2D eigenvalue weighted by Crippen LogP contribution is 2.33. The van der Waals surface area contributed by atoms with E-state index in [1.807, 2.05) is 66.7 Å². The second-order valence-electron chi connectivity index (χ2n) is 7.96. The minimum absolute atomic E-state index is 0.0754. The van der Waals surface area contributed by atoms with Crippen LogP contribution in [0.2, 0.25) is 0 Å². The summed E-state index contributed by atoms with van der Waals surface area (Å²) in [7, 11) is 0. The number of benzene rings is 3. The molecule has 0 unspecified atom stereocenters. The fourth-order valence-corrected chi connectivity index (χ4v) is 4.50. The van der Waals surface area contributed by atoms with Gasteiger partial charge in [-0.15, -0.1) is 11.8 Å². The van der Waals surface area contributed by atoms with Gasteiger partial charge in [0.2, 0.25) is 0 Å². The molecule has 0 radical (unpaired) electrons. The number of amides is 2. The molecule has 0 aliphatic rings. The van der Waals surface area contributed by atoms with Gasteiger partial charge in [-0.25, -0.2) is 4.79 Å². The maximum atomic E-state index is 13.3. The number of hydrogen-bond acceptors (Lipinski definition) is 5. The molecule has 0 bridgehead atoms. The zero-order valence-corrected chi connectivity index (χ0v) is 20.8. The van der Waals surface area contributed by atoms with Crippen molar-refractivity contribution in [3.63, 3.8) is 0 Å². The lowest BCUT2D eigenvalue weighted by atomic mass is 10.1. The summed E-state index contributed by atoms with van der Waals surface area (Å²) in [5.74, 6) is 0.436. The average Bonchev–Trinajstić information content (AvgIpc) is 2.90. The Kier molecular flexibility index (Phi) is 10.7. The van der Waals surface area contributed by atoms with Crippen molar-refractivity contribution < 1.29 is 19.4 Å². The summed E-state index contributed by atoms with van der Waals surface area (Å²) >= 11 is 1.61. The number of ether oxygens (including phenoxy) is 1. The number of thioether (sulfide) groups is 1. The molecule has 0 saturated carbocycles. The highest BCUT2D eigenvalue weighted by molar-refractivity contribution is 7.98. The Morgan fingerprint density at radius 2 is 1.60 bits per heavy atom. The first kappa shape index (κ1) is 26.3. The zero-order chi connectivity index (χ0) is 24.9. The normalized spacial score (nSPS) is 10.6. The predicted octanol–water partition coefficient (Wildman–Crippen LogP) is 5.50. The van der Waals surface area contributed by atoms with Crippen LogP contribution in [0.5, 0.6) is 0 Å². The number of urea groups is 1. The number of anilines is 1. The van der Waals surface area contributed by atoms with E-state index in [1.165, 1.54) is 5.56 Å². The van der Waals surface area contributed by atoms with Crippen LogP contribution in [0.3, 0.4) is 0 Å². The van der Waals surface area contributed by atoms with E-state index in [9.17, 15) is 14.7 Å². The van der Waals surface area contributed by atoms with E-state index in [0.29, 0.717) is 18.7 Å². The molecule has 2 N–H and O–H groups in total. The second kappa shape index (κ2) is 14.2. The maximum Gasteiger partial charge on any atom is 0.321 e. The summed E-state index contributed by atoms with van der Waals surface area (Å²) in [5.41, 5.74) is 3.65. The number of carbonyl (C=O) groups is 2. The summed E-state index contributed by atoms with van der Waals surface area (Å²) in [6.07, 6.45) is 0.966. The van der Waals surface area contributed by atoms with E-state index in [1.54, 1.807) is 23.6 Å². The number of nitrogens with zero attached hydrogens (tertiary/aromatic N) is 1. The Labute approximate surface area is 211 Å². The Bertz CT molecular complexity index is 1080. The molecule has 3 aromatic carbocycles. The highest BCUT2D eigenvalue weighted by Gasteiger charge is 2.18. The van der Waals surface area contributed by atoms with Crippen molar-refractivity contribution in [2.75, 3.05) is 25.0 Å². The smallest absolute Gasteiger partial charge is 0.321 e. The largest absolute Gasteiger partial charge is 0.461 e. The number of rotatable bonds is 12. The van der Waals surface area contributed by atoms with Gasteiger partial charge in [0.05, 0.1) is 12.3 Å². The van der Waals surface area contributed by atoms with E-state index in [4.69, 9.17) is 4.74 Å². The van der Waals surface area contributed by atoms with E-state index in [2.05, 4.69) is 17.4 Å². The van der Waals surface area contributed by atoms with Gasteiger partial charge in [0.25, 0.3) is 0 Å². The van der Waals surface area contributed by atoms with Crippen LogP contribution in [0.4, 0.5) is 10.5 Å². The summed E-state index contributed by atoms with van der Waals surface area (Å²) in [6, 6.07) is 25.4. The summed E-state index contributed by atoms with van der Waals surface area (Å²) < 4.78 is 5.38. The number of aliphatic hydroxyl groups excluding tert-OH is 1. The monoisotopic (exact) mass is 492 g/mol. The van der Waals surface area contributed by atoms with Crippen molar-refractivity contribution >= 4 is 29.4 Å². The molecular formula is C28H32N2O4S. The number of hydrogen-bond donors (Lipinski definition) is 2. The Hall–Kier alpha value is -3.29. The first-order chi connectivity index (χ1) is 17.1. The van der Waals surface area contributed by atoms with Gasteiger partial charge in [-0.2, -0.15) is 0 Å². The van der Waals surface area contributed by atoms with E-state index >= 15 is 0 Å². The second-order valence-corrected chi connectivity index (χ2v) is 8.97. The minimum atomic E-state index is -0.300. The van der Waals surface area contributed by atoms with Gasteiger partial charge in [0.1, 0.15) is 6.61 Å². The topological polar surface area (TPSA) is 78.9 Å². The lowest BCUT2D eigenvalue weighted by Gasteiger charge is -2.24. The van der Waals surface area contributed by atoms with E-state index < -0.39 is 0 Å². The lowest BCUT2D eigenvalue weighted by molar-refractivity contribution is -0.144. The van der Waals surface area contributed by atoms with E-state index in [-0.39, 0.29) is 38.2 Å². The summed E-state index contributed by atoms with van der Waals surface area (Å²) in [4.78, 5) is 27.6. The van der Waals surface area contributed by atoms with Crippen LogP contribution in [0.15, 0.2) is 83.8 Å². The standard InChI is InChI=1S/C28H32N2O4S/c1-2-26(32)34-20-24-14-9-15-25(35-21-23-12-7-4-8-13-23)27(24)29-28(33)30(18-19-31)17-16-22-10-5-3-6-11-22/h3-15,31H,2,16-21H2,1H3,(H,29,33). The Morgan fingerprint density at radius 3 is 2.26 bits per heavy atom. The third-order valence-electron chi connectivity index (χ3n) is 5.43. The molecule has 0 fully saturated rings. The molecule has 6 nitrogen and oxygen atoms in total. The molecule has 184 valence electrons. The maximum absolute atomic E-state index is 13.3. The van der Waals surface area contributed by atoms with Crippen LogP contribution < -0.4 is 5.32 Å². The van der Waals surface area contributed by atoms with Crippen molar-refractivity contribution in [3.05, 3.63) is 95.6 Å². The molecular weight excluding hydrogens is 460 g/mol. The average molecular weight is 493 g/mol. The van der Waals surface area contributed by atoms with Gasteiger partial charge in [-0.05, 0) is 23.6 Å². The highest BCUT2D eigenvalue weighted by atomic mass is 32.2. The van der Waals surface area contributed by atoms with Crippen LogP contribution in [-0.4, -0.2) is 41.7 Å². The fraction of sp³-hybridized carbons (Fsp3) is 0.286. The molecule has 0 aliphatic heterocycles. The molecule has 0 atom stereocenters. The molecule has 0 saturated heterocycles. The number of esters is 1. The Balaban J connectivity index is 1.79. The predicted molar refractivity (Wildman–Crippen MR) is 140 cm³/mol. The van der Waals surface area contributed by atoms with Gasteiger partial charge in [-0.3, -0.25) is 4.79 Å². The molecule has 0 aromatic heterocycles. The molecule has 3 rings (SSSR count). The number of aliphatic hydroxyl groups is 1. The van der Waals surface area contributed by atoms with Crippen molar-refractivity contribution in [1.29, 1.82) is 0 Å². The molecule has 3 aromatic rings. The van der Waals surface area contributed by atoms with Gasteiger partial charge in [0.15, 0.2) is 0 Å². The van der Waals surface area contributed by atoms with Crippen LogP contribution in [0.1, 0.15) is 30.0 Å². The molecule has 0 heterocycles. The van der Waals surface area contributed by atoms with Crippen LogP contribution in [-0.2, 0) is 28.3 Å². The van der Waals surface area contributed by atoms with Crippen molar-refractivity contribution in [2.45, 2.75) is 37.0 Å². The SMILES string of the molecule is CCC(=O)OCc1cccc(SCc2ccccc2)c1NC(=O)N(CCO)CCc1ccccc1. The first-order valence-electron chi connectivity index (χ1n) is 11.8. The van der Waals surface area contributed by atoms with Crippen molar-refractivity contribution in [1.82, 2.24) is 4.90 Å². The van der Waals surface area contributed by atoms with E-state index in [0.717, 1.165) is 21.8 Å². The third-order valence-corrected chi connectivity index (χ3v) is 6.56. The fourth-order valence-electron chi connectivity index (χ4n) is 3.48. The zero-order valence-electron chi connectivity index (χ0n) is 20.0. The van der Waals surface area contributed by atoms with Crippen molar-refractivity contribution in [3.8, 4) is 0 Å². The number of para-hydroxylation sites is 1. The first-order valence-corrected chi connectivity index (χ1v) is 12.7. The van der Waals surface area contributed by atoms with Gasteiger partial charge in [-0.1, -0.05) is 79.7 Å². The number of nitrogens with one attached hydrogen (secondary N) is 1. The van der Waals surface area contributed by atoms with Crippen LogP contribution in [0, 0.1) is 0 Å². The molecule has 0 aliphatic carbocycles.